The molecule has 1 aromatic carbocycles. The Bertz CT molecular complexity index is 650. The van der Waals surface area contributed by atoms with E-state index in [0.717, 1.165) is 12.8 Å². The summed E-state index contributed by atoms with van der Waals surface area (Å²) in [6.45, 7) is 3.58. The molecule has 5 nitrogen and oxygen atoms in total. The van der Waals surface area contributed by atoms with Crippen molar-refractivity contribution in [2.24, 2.45) is 0 Å². The van der Waals surface area contributed by atoms with Gasteiger partial charge in [0.1, 0.15) is 5.82 Å². The first-order valence-electron chi connectivity index (χ1n) is 6.55. The number of nitrogens with one attached hydrogen (secondary N) is 2. The maximum absolute atomic E-state index is 12.1. The summed E-state index contributed by atoms with van der Waals surface area (Å²) in [5.41, 5.74) is 1.20. The van der Waals surface area contributed by atoms with Gasteiger partial charge in [-0.25, -0.2) is 18.1 Å². The highest BCUT2D eigenvalue weighted by molar-refractivity contribution is 7.89. The largest absolute Gasteiger partial charge is 0.332 e. The summed E-state index contributed by atoms with van der Waals surface area (Å²) in [7, 11) is -3.51. The van der Waals surface area contributed by atoms with Crippen LogP contribution in [0.25, 0.3) is 0 Å². The molecule has 0 aliphatic rings. The molecular weight excluding hydrogens is 274 g/mol. The van der Waals surface area contributed by atoms with Gasteiger partial charge in [0.2, 0.25) is 0 Å². The first-order chi connectivity index (χ1) is 9.47. The molecule has 0 saturated carbocycles. The molecule has 1 heterocycles. The molecule has 0 fully saturated rings. The maximum Gasteiger partial charge on any atom is 0.257 e. The van der Waals surface area contributed by atoms with Crippen LogP contribution in [0.15, 0.2) is 41.6 Å². The van der Waals surface area contributed by atoms with Gasteiger partial charge in [-0.2, -0.15) is 0 Å². The summed E-state index contributed by atoms with van der Waals surface area (Å²) in [5.74, 6) is 0.585. The average molecular weight is 293 g/mol. The molecule has 108 valence electrons. The van der Waals surface area contributed by atoms with Gasteiger partial charge in [-0.3, -0.25) is 0 Å². The van der Waals surface area contributed by atoms with Crippen LogP contribution in [0.2, 0.25) is 0 Å². The third-order valence-corrected chi connectivity index (χ3v) is 4.53. The van der Waals surface area contributed by atoms with E-state index in [4.69, 9.17) is 0 Å². The zero-order valence-electron chi connectivity index (χ0n) is 11.6. The molecular formula is C14H19N3O2S. The lowest BCUT2D eigenvalue weighted by Gasteiger charge is -2.13. The zero-order valence-corrected chi connectivity index (χ0v) is 12.4. The molecule has 0 amide bonds. The molecule has 0 aliphatic carbocycles. The van der Waals surface area contributed by atoms with E-state index < -0.39 is 10.0 Å². The predicted octanol–water partition coefficient (Wildman–Crippen LogP) is 2.02. The average Bonchev–Trinajstić information content (AvgIpc) is 2.85. The third kappa shape index (κ3) is 3.91. The molecule has 0 saturated heterocycles. The Morgan fingerprint density at radius 3 is 2.60 bits per heavy atom. The number of nitrogens with zero attached hydrogens (tertiary/aromatic N) is 1. The maximum atomic E-state index is 12.1. The lowest BCUT2D eigenvalue weighted by Crippen LogP contribution is -2.33. The van der Waals surface area contributed by atoms with Crippen molar-refractivity contribution in [3.05, 3.63) is 47.9 Å². The van der Waals surface area contributed by atoms with Gasteiger partial charge in [-0.1, -0.05) is 30.3 Å². The molecule has 20 heavy (non-hydrogen) atoms. The van der Waals surface area contributed by atoms with Gasteiger partial charge < -0.3 is 4.98 Å². The minimum Gasteiger partial charge on any atom is -0.332 e. The molecule has 0 aliphatic heterocycles. The van der Waals surface area contributed by atoms with Crippen LogP contribution in [0.1, 0.15) is 24.7 Å². The number of H-pyrrole nitrogens is 1. The standard InChI is InChI=1S/C14H19N3O2S/c1-11(8-9-13-6-4-3-5-7-13)17-20(18,19)14-10-15-12(2)16-14/h3-7,10-11,17H,8-9H2,1-2H3,(H,15,16). The van der Waals surface area contributed by atoms with E-state index in [0.29, 0.717) is 5.82 Å². The number of benzene rings is 1. The van der Waals surface area contributed by atoms with Gasteiger partial charge in [-0.05, 0) is 32.3 Å². The van der Waals surface area contributed by atoms with E-state index in [1.165, 1.54) is 11.8 Å². The summed E-state index contributed by atoms with van der Waals surface area (Å²) in [4.78, 5) is 6.64. The van der Waals surface area contributed by atoms with Gasteiger partial charge in [0, 0.05) is 6.04 Å². The molecule has 2 N–H and O–H groups in total. The first kappa shape index (κ1) is 14.7. The summed E-state index contributed by atoms with van der Waals surface area (Å²) in [6, 6.07) is 9.88. The fourth-order valence-electron chi connectivity index (χ4n) is 1.95. The van der Waals surface area contributed by atoms with Crippen molar-refractivity contribution < 1.29 is 8.42 Å². The smallest absolute Gasteiger partial charge is 0.257 e. The van der Waals surface area contributed by atoms with Gasteiger partial charge >= 0.3 is 0 Å². The fraction of sp³-hybridized carbons (Fsp3) is 0.357. The summed E-state index contributed by atoms with van der Waals surface area (Å²) in [5, 5.41) is 0.113. The van der Waals surface area contributed by atoms with Gasteiger partial charge in [0.05, 0.1) is 6.20 Å². The highest BCUT2D eigenvalue weighted by Gasteiger charge is 2.19. The Hall–Kier alpha value is -1.66. The second-order valence-corrected chi connectivity index (χ2v) is 6.56. The number of imidazole rings is 1. The highest BCUT2D eigenvalue weighted by Crippen LogP contribution is 2.09. The van der Waals surface area contributed by atoms with Crippen LogP contribution in [-0.2, 0) is 16.4 Å². The SMILES string of the molecule is Cc1ncc(S(=O)(=O)NC(C)CCc2ccccc2)[nH]1. The number of rotatable bonds is 6. The quantitative estimate of drug-likeness (QED) is 0.855. The predicted molar refractivity (Wildman–Crippen MR) is 77.9 cm³/mol. The van der Waals surface area contributed by atoms with Crippen molar-refractivity contribution in [3.63, 3.8) is 0 Å². The minimum absolute atomic E-state index is 0.113. The Morgan fingerprint density at radius 1 is 1.30 bits per heavy atom. The number of aryl methyl sites for hydroxylation is 2. The van der Waals surface area contributed by atoms with Crippen LogP contribution in [0.3, 0.4) is 0 Å². The topological polar surface area (TPSA) is 74.8 Å². The van der Waals surface area contributed by atoms with Crippen molar-refractivity contribution in [2.75, 3.05) is 0 Å². The highest BCUT2D eigenvalue weighted by atomic mass is 32.2. The third-order valence-electron chi connectivity index (χ3n) is 3.03. The Morgan fingerprint density at radius 2 is 2.00 bits per heavy atom. The Labute approximate surface area is 119 Å². The molecule has 0 bridgehead atoms. The van der Waals surface area contributed by atoms with Crippen molar-refractivity contribution in [1.82, 2.24) is 14.7 Å². The van der Waals surface area contributed by atoms with Gasteiger partial charge in [0.15, 0.2) is 5.03 Å². The number of sulfonamides is 1. The number of hydrogen-bond donors (Lipinski definition) is 2. The molecule has 6 heteroatoms. The molecule has 2 rings (SSSR count). The lowest BCUT2D eigenvalue weighted by molar-refractivity contribution is 0.544. The van der Waals surface area contributed by atoms with Crippen LogP contribution in [0.5, 0.6) is 0 Å². The molecule has 0 radical (unpaired) electrons. The minimum atomic E-state index is -3.51. The number of aromatic nitrogens is 2. The number of hydrogen-bond acceptors (Lipinski definition) is 3. The Kier molecular flexibility index (Phi) is 4.57. The molecule has 1 aromatic heterocycles. The second kappa shape index (κ2) is 6.19. The van der Waals surface area contributed by atoms with Crippen LogP contribution in [0, 0.1) is 6.92 Å². The van der Waals surface area contributed by atoms with Crippen molar-refractivity contribution in [3.8, 4) is 0 Å². The van der Waals surface area contributed by atoms with Crippen LogP contribution >= 0.6 is 0 Å². The van der Waals surface area contributed by atoms with Crippen LogP contribution in [-0.4, -0.2) is 24.4 Å². The molecule has 2 aromatic rings. The van der Waals surface area contributed by atoms with E-state index in [1.54, 1.807) is 6.92 Å². The van der Waals surface area contributed by atoms with Crippen molar-refractivity contribution in [2.45, 2.75) is 37.8 Å². The van der Waals surface area contributed by atoms with Crippen molar-refractivity contribution in [1.29, 1.82) is 0 Å². The second-order valence-electron chi connectivity index (χ2n) is 4.88. The summed E-state index contributed by atoms with van der Waals surface area (Å²) < 4.78 is 26.8. The van der Waals surface area contributed by atoms with Gasteiger partial charge in [0.25, 0.3) is 10.0 Å². The molecule has 1 unspecified atom stereocenters. The van der Waals surface area contributed by atoms with Crippen molar-refractivity contribution >= 4 is 10.0 Å². The van der Waals surface area contributed by atoms with E-state index in [1.807, 2.05) is 37.3 Å². The Balaban J connectivity index is 1.92. The zero-order chi connectivity index (χ0) is 14.6. The summed E-state index contributed by atoms with van der Waals surface area (Å²) >= 11 is 0. The first-order valence-corrected chi connectivity index (χ1v) is 8.03. The van der Waals surface area contributed by atoms with Crippen LogP contribution in [0.4, 0.5) is 0 Å². The summed E-state index contributed by atoms with van der Waals surface area (Å²) in [6.07, 6.45) is 2.92. The van der Waals surface area contributed by atoms with E-state index in [-0.39, 0.29) is 11.1 Å². The lowest BCUT2D eigenvalue weighted by atomic mass is 10.1. The normalized spacial score (nSPS) is 13.3. The van der Waals surface area contributed by atoms with E-state index >= 15 is 0 Å². The monoisotopic (exact) mass is 293 g/mol. The fourth-order valence-corrected chi connectivity index (χ4v) is 3.20. The number of aromatic amines is 1. The van der Waals surface area contributed by atoms with Crippen LogP contribution < -0.4 is 4.72 Å². The molecule has 0 spiro atoms. The van der Waals surface area contributed by atoms with E-state index in [2.05, 4.69) is 14.7 Å². The van der Waals surface area contributed by atoms with E-state index in [9.17, 15) is 8.42 Å². The molecule has 1 atom stereocenters. The van der Waals surface area contributed by atoms with Gasteiger partial charge in [-0.15, -0.1) is 0 Å².